The van der Waals surface area contributed by atoms with Crippen LogP contribution in [0.2, 0.25) is 5.22 Å². The zero-order chi connectivity index (χ0) is 11.5. The lowest BCUT2D eigenvalue weighted by atomic mass is 10.2. The zero-order valence-electron chi connectivity index (χ0n) is 8.55. The van der Waals surface area contributed by atoms with Gasteiger partial charge in [-0.05, 0) is 29.8 Å². The molecule has 0 unspecified atom stereocenters. The first kappa shape index (κ1) is 10.7. The molecule has 0 N–H and O–H groups in total. The van der Waals surface area contributed by atoms with E-state index in [2.05, 4.69) is 4.98 Å². The first-order chi connectivity index (χ1) is 7.70. The summed E-state index contributed by atoms with van der Waals surface area (Å²) >= 11 is 5.74. The predicted molar refractivity (Wildman–Crippen MR) is 60.7 cm³/mol. The quantitative estimate of drug-likeness (QED) is 0.805. The first-order valence-electron chi connectivity index (χ1n) is 4.61. The van der Waals surface area contributed by atoms with Gasteiger partial charge in [0.15, 0.2) is 0 Å². The summed E-state index contributed by atoms with van der Waals surface area (Å²) in [5, 5.41) is 0.103. The first-order valence-corrected chi connectivity index (χ1v) is 4.99. The second kappa shape index (κ2) is 4.37. The molecule has 2 rings (SSSR count). The maximum Gasteiger partial charge on any atom is 0.262 e. The van der Waals surface area contributed by atoms with E-state index in [1.807, 2.05) is 0 Å². The van der Waals surface area contributed by atoms with Crippen LogP contribution in [-0.4, -0.2) is 17.9 Å². The Kier molecular flexibility index (Phi) is 2.92. The van der Waals surface area contributed by atoms with Crippen molar-refractivity contribution in [2.75, 3.05) is 11.9 Å². The van der Waals surface area contributed by atoms with Gasteiger partial charge >= 0.3 is 0 Å². The van der Waals surface area contributed by atoms with Crippen LogP contribution in [0.25, 0.3) is 0 Å². The molecule has 82 valence electrons. The molecular weight excluding hydrogens is 228 g/mol. The van der Waals surface area contributed by atoms with Crippen molar-refractivity contribution >= 4 is 23.2 Å². The summed E-state index contributed by atoms with van der Waals surface area (Å²) < 4.78 is 4.88. The van der Waals surface area contributed by atoms with Gasteiger partial charge in [-0.2, -0.15) is 0 Å². The minimum atomic E-state index is -0.218. The molecule has 16 heavy (non-hydrogen) atoms. The monoisotopic (exact) mass is 236 g/mol. The molecule has 0 aromatic carbocycles. The van der Waals surface area contributed by atoms with Crippen molar-refractivity contribution in [1.82, 2.24) is 4.98 Å². The van der Waals surface area contributed by atoms with E-state index in [-0.39, 0.29) is 11.1 Å². The van der Waals surface area contributed by atoms with Crippen molar-refractivity contribution in [3.8, 4) is 0 Å². The largest absolute Gasteiger partial charge is 0.452 e. The molecule has 2 aromatic rings. The van der Waals surface area contributed by atoms with Gasteiger partial charge in [0.25, 0.3) is 5.91 Å². The highest BCUT2D eigenvalue weighted by Gasteiger charge is 2.18. The van der Waals surface area contributed by atoms with E-state index in [4.69, 9.17) is 16.0 Å². The van der Waals surface area contributed by atoms with Gasteiger partial charge in [-0.3, -0.25) is 9.78 Å². The average Bonchev–Trinajstić information content (AvgIpc) is 2.75. The van der Waals surface area contributed by atoms with Gasteiger partial charge in [0, 0.05) is 25.1 Å². The number of pyridine rings is 1. The Morgan fingerprint density at radius 1 is 1.38 bits per heavy atom. The van der Waals surface area contributed by atoms with E-state index in [0.29, 0.717) is 5.56 Å². The molecule has 0 radical (unpaired) electrons. The second-order valence-corrected chi connectivity index (χ2v) is 3.52. The number of carbonyl (C=O) groups is 1. The van der Waals surface area contributed by atoms with Crippen molar-refractivity contribution in [3.05, 3.63) is 47.6 Å². The number of anilines is 1. The molecule has 0 bridgehead atoms. The maximum absolute atomic E-state index is 12.0. The Bertz CT molecular complexity index is 496. The standard InChI is InChI=1S/C11H9ClN2O2/c1-14(8-2-5-13-6-3-8)11(15)9-4-7-16-10(9)12/h2-7H,1H3. The fourth-order valence-corrected chi connectivity index (χ4v) is 1.51. The summed E-state index contributed by atoms with van der Waals surface area (Å²) in [6.45, 7) is 0. The summed E-state index contributed by atoms with van der Waals surface area (Å²) in [5.41, 5.74) is 1.10. The van der Waals surface area contributed by atoms with Gasteiger partial charge in [-0.1, -0.05) is 0 Å². The van der Waals surface area contributed by atoms with E-state index >= 15 is 0 Å². The SMILES string of the molecule is CN(C(=O)c1ccoc1Cl)c1ccncc1. The number of furan rings is 1. The number of amides is 1. The zero-order valence-corrected chi connectivity index (χ0v) is 9.31. The van der Waals surface area contributed by atoms with Gasteiger partial charge in [-0.15, -0.1) is 0 Å². The van der Waals surface area contributed by atoms with Crippen LogP contribution in [0.4, 0.5) is 5.69 Å². The third kappa shape index (κ3) is 1.92. The number of rotatable bonds is 2. The Morgan fingerprint density at radius 2 is 2.06 bits per heavy atom. The molecule has 2 heterocycles. The Morgan fingerprint density at radius 3 is 2.62 bits per heavy atom. The van der Waals surface area contributed by atoms with E-state index in [1.54, 1.807) is 37.6 Å². The smallest absolute Gasteiger partial charge is 0.262 e. The van der Waals surface area contributed by atoms with Crippen LogP contribution in [0.15, 0.2) is 41.3 Å². The number of aromatic nitrogens is 1. The molecule has 0 atom stereocenters. The van der Waals surface area contributed by atoms with Gasteiger partial charge < -0.3 is 9.32 Å². The van der Waals surface area contributed by atoms with Crippen LogP contribution in [0.1, 0.15) is 10.4 Å². The summed E-state index contributed by atoms with van der Waals surface area (Å²) in [5.74, 6) is -0.218. The van der Waals surface area contributed by atoms with Crippen molar-refractivity contribution in [2.45, 2.75) is 0 Å². The highest BCUT2D eigenvalue weighted by atomic mass is 35.5. The molecule has 0 saturated heterocycles. The van der Waals surface area contributed by atoms with Crippen LogP contribution >= 0.6 is 11.6 Å². The number of nitrogens with zero attached hydrogens (tertiary/aromatic N) is 2. The summed E-state index contributed by atoms with van der Waals surface area (Å²) in [6, 6.07) is 5.03. The third-order valence-corrected chi connectivity index (χ3v) is 2.50. The summed E-state index contributed by atoms with van der Waals surface area (Å²) in [6.07, 6.45) is 4.63. The van der Waals surface area contributed by atoms with Crippen LogP contribution in [0.3, 0.4) is 0 Å². The number of carbonyl (C=O) groups excluding carboxylic acids is 1. The van der Waals surface area contributed by atoms with E-state index in [9.17, 15) is 4.79 Å². The predicted octanol–water partition coefficient (Wildman–Crippen LogP) is 2.60. The summed E-state index contributed by atoms with van der Waals surface area (Å²) in [7, 11) is 1.67. The Labute approximate surface area is 97.5 Å². The number of halogens is 1. The molecule has 4 nitrogen and oxygen atoms in total. The minimum Gasteiger partial charge on any atom is -0.452 e. The lowest BCUT2D eigenvalue weighted by molar-refractivity contribution is 0.0992. The molecule has 0 aliphatic heterocycles. The van der Waals surface area contributed by atoms with E-state index in [0.717, 1.165) is 5.69 Å². The lowest BCUT2D eigenvalue weighted by Crippen LogP contribution is -2.25. The lowest BCUT2D eigenvalue weighted by Gasteiger charge is -2.15. The van der Waals surface area contributed by atoms with Crippen LogP contribution in [0.5, 0.6) is 0 Å². The van der Waals surface area contributed by atoms with Crippen molar-refractivity contribution in [1.29, 1.82) is 0 Å². The Balaban J connectivity index is 2.27. The second-order valence-electron chi connectivity index (χ2n) is 3.18. The van der Waals surface area contributed by atoms with Crippen LogP contribution < -0.4 is 4.90 Å². The number of hydrogen-bond acceptors (Lipinski definition) is 3. The molecule has 0 saturated carbocycles. The fraction of sp³-hybridized carbons (Fsp3) is 0.0909. The topological polar surface area (TPSA) is 46.3 Å². The number of hydrogen-bond donors (Lipinski definition) is 0. The van der Waals surface area contributed by atoms with Crippen molar-refractivity contribution in [3.63, 3.8) is 0 Å². The molecule has 0 fully saturated rings. The molecular formula is C11H9ClN2O2. The Hall–Kier alpha value is -1.81. The highest BCUT2D eigenvalue weighted by Crippen LogP contribution is 2.20. The molecule has 0 aliphatic carbocycles. The van der Waals surface area contributed by atoms with E-state index in [1.165, 1.54) is 11.2 Å². The van der Waals surface area contributed by atoms with Gasteiger partial charge in [-0.25, -0.2) is 0 Å². The molecule has 0 spiro atoms. The molecule has 0 aliphatic rings. The third-order valence-electron chi connectivity index (χ3n) is 2.20. The molecule has 5 heteroatoms. The molecule has 1 amide bonds. The normalized spacial score (nSPS) is 10.1. The van der Waals surface area contributed by atoms with E-state index < -0.39 is 0 Å². The van der Waals surface area contributed by atoms with Gasteiger partial charge in [0.2, 0.25) is 5.22 Å². The van der Waals surface area contributed by atoms with Gasteiger partial charge in [0.05, 0.1) is 11.8 Å². The van der Waals surface area contributed by atoms with Crippen LogP contribution in [0, 0.1) is 0 Å². The highest BCUT2D eigenvalue weighted by molar-refractivity contribution is 6.32. The summed E-state index contributed by atoms with van der Waals surface area (Å²) in [4.78, 5) is 17.4. The maximum atomic E-state index is 12.0. The molecule has 2 aromatic heterocycles. The van der Waals surface area contributed by atoms with Crippen molar-refractivity contribution in [2.24, 2.45) is 0 Å². The minimum absolute atomic E-state index is 0.103. The average molecular weight is 237 g/mol. The fourth-order valence-electron chi connectivity index (χ4n) is 1.31. The van der Waals surface area contributed by atoms with Crippen molar-refractivity contribution < 1.29 is 9.21 Å². The van der Waals surface area contributed by atoms with Gasteiger partial charge in [0.1, 0.15) is 0 Å². The van der Waals surface area contributed by atoms with Crippen LogP contribution in [-0.2, 0) is 0 Å².